The number of hydrogen-bond donors (Lipinski definition) is 3. The Labute approximate surface area is 445 Å². The maximum Gasteiger partial charge on any atom is 0.256 e. The number of nitrogen functional groups attached to an aromatic ring is 2. The van der Waals surface area contributed by atoms with E-state index in [1.165, 1.54) is 12.7 Å². The number of aromatic nitrogens is 6. The highest BCUT2D eigenvalue weighted by atomic mass is 35.5. The highest BCUT2D eigenvalue weighted by Crippen LogP contribution is 2.36. The van der Waals surface area contributed by atoms with E-state index >= 15 is 0 Å². The summed E-state index contributed by atoms with van der Waals surface area (Å²) >= 11 is 26.5. The van der Waals surface area contributed by atoms with Crippen LogP contribution in [-0.2, 0) is 12.8 Å². The number of likely N-dealkylation sites (tertiary alicyclic amines) is 1. The normalized spacial score (nSPS) is 13.6. The first-order valence-electron chi connectivity index (χ1n) is 23.8. The number of carbonyl (C=O) groups excluding carboxylic acids is 2. The van der Waals surface area contributed by atoms with Gasteiger partial charge in [0.15, 0.2) is 0 Å². The van der Waals surface area contributed by atoms with E-state index in [4.69, 9.17) is 57.9 Å². The zero-order valence-corrected chi connectivity index (χ0v) is 43.7. The Morgan fingerprint density at radius 2 is 1.07 bits per heavy atom. The smallest absolute Gasteiger partial charge is 0.256 e. The third-order valence-electron chi connectivity index (χ3n) is 12.4. The Morgan fingerprint density at radius 3 is 1.45 bits per heavy atom. The van der Waals surface area contributed by atoms with Crippen molar-refractivity contribution < 1.29 is 14.7 Å². The largest absolute Gasteiger partial charge is 0.396 e. The summed E-state index contributed by atoms with van der Waals surface area (Å²) in [6.07, 6.45) is 9.85. The molecule has 2 aromatic carbocycles. The van der Waals surface area contributed by atoms with Gasteiger partial charge in [0.2, 0.25) is 0 Å². The summed E-state index contributed by atoms with van der Waals surface area (Å²) in [5, 5.41) is 10.4. The zero-order chi connectivity index (χ0) is 52.0. The average molecular weight is 1060 g/mol. The van der Waals surface area contributed by atoms with Crippen LogP contribution >= 0.6 is 46.4 Å². The summed E-state index contributed by atoms with van der Waals surface area (Å²) < 4.78 is 0. The van der Waals surface area contributed by atoms with Gasteiger partial charge in [0.05, 0.1) is 65.1 Å². The van der Waals surface area contributed by atoms with E-state index in [-0.39, 0.29) is 50.0 Å². The zero-order valence-electron chi connectivity index (χ0n) is 40.7. The number of nitrogens with two attached hydrogens (primary N) is 2. The molecule has 0 radical (unpaired) electrons. The lowest BCUT2D eigenvalue weighted by Crippen LogP contribution is -2.48. The van der Waals surface area contributed by atoms with Crippen molar-refractivity contribution >= 4 is 69.9 Å². The Bertz CT molecular complexity index is 3110. The summed E-state index contributed by atoms with van der Waals surface area (Å²) in [5.41, 5.74) is 18.7. The number of hydrogen-bond acceptors (Lipinski definition) is 12. The highest BCUT2D eigenvalue weighted by Gasteiger charge is 2.29. The second kappa shape index (κ2) is 25.7. The first kappa shape index (κ1) is 54.0. The second-order valence-corrected chi connectivity index (χ2v) is 18.7. The molecule has 0 saturated carbocycles. The molecule has 374 valence electrons. The highest BCUT2D eigenvalue weighted by molar-refractivity contribution is 6.41. The van der Waals surface area contributed by atoms with E-state index < -0.39 is 0 Å². The summed E-state index contributed by atoms with van der Waals surface area (Å²) in [5.74, 6) is 19.2. The number of amides is 2. The van der Waals surface area contributed by atoms with Gasteiger partial charge in [-0.2, -0.15) is 0 Å². The molecule has 5 N–H and O–H groups in total. The van der Waals surface area contributed by atoms with Crippen molar-refractivity contribution in [1.29, 1.82) is 0 Å². The van der Waals surface area contributed by atoms with Gasteiger partial charge in [-0.05, 0) is 87.1 Å². The van der Waals surface area contributed by atoms with Crippen molar-refractivity contribution in [2.45, 2.75) is 52.9 Å². The standard InChI is InChI=1S/C29H28Cl2N6O.C26H25Cl2N5O2/c1-3-5-6-11-36-12-14-37(15-13-36)29(38)27-23(30)16-21(17-24(27)31)28-22(25(4-2)34-19-35-28)9-7-20-8-10-26(32)33-18-20;1-2-22-19(5-3-16-4-6-23(29)30-13-16)25(32-15-31-22)18-11-20(27)24(21(28)12-18)26(35)33-9-7-17(14-34)8-10-33/h8,10,16-19H,4,6,11-15H2,1-2H3,(H2,32,33);4,6,11-13,15,17,34H,2,7-10,14H2,1H3,(H2,29,30). The van der Waals surface area contributed by atoms with Gasteiger partial charge in [-0.1, -0.05) is 83.9 Å². The van der Waals surface area contributed by atoms with Crippen LogP contribution in [0.5, 0.6) is 0 Å². The number of aliphatic hydroxyl groups is 1. The molecule has 0 aliphatic carbocycles. The lowest BCUT2D eigenvalue weighted by molar-refractivity contribution is 0.0637. The fourth-order valence-electron chi connectivity index (χ4n) is 8.29. The summed E-state index contributed by atoms with van der Waals surface area (Å²) in [6.45, 7) is 10.8. The van der Waals surface area contributed by atoms with Crippen molar-refractivity contribution in [2.24, 2.45) is 5.92 Å². The first-order chi connectivity index (χ1) is 35.3. The number of benzene rings is 2. The van der Waals surface area contributed by atoms with E-state index in [1.54, 1.807) is 70.7 Å². The lowest BCUT2D eigenvalue weighted by Gasteiger charge is -2.34. The molecule has 2 amide bonds. The Balaban J connectivity index is 0.000000214. The average Bonchev–Trinajstić information content (AvgIpc) is 3.40. The molecular weight excluding hydrogens is 1000 g/mol. The number of aryl methyl sites for hydroxylation is 2. The van der Waals surface area contributed by atoms with Crippen LogP contribution in [0.15, 0.2) is 73.6 Å². The van der Waals surface area contributed by atoms with E-state index in [0.717, 1.165) is 50.3 Å². The number of piperazine rings is 1. The van der Waals surface area contributed by atoms with Crippen LogP contribution in [-0.4, -0.2) is 114 Å². The predicted octanol–water partition coefficient (Wildman–Crippen LogP) is 8.80. The van der Waals surface area contributed by atoms with Crippen LogP contribution in [0, 0.1) is 41.4 Å². The van der Waals surface area contributed by atoms with Gasteiger partial charge in [0.25, 0.3) is 11.8 Å². The number of anilines is 2. The Morgan fingerprint density at radius 1 is 0.630 bits per heavy atom. The maximum atomic E-state index is 13.4. The van der Waals surface area contributed by atoms with Crippen molar-refractivity contribution in [3.05, 3.63) is 138 Å². The molecule has 6 aromatic rings. The van der Waals surface area contributed by atoms with Crippen molar-refractivity contribution in [2.75, 3.05) is 63.9 Å². The molecule has 2 aliphatic heterocycles. The molecule has 0 unspecified atom stereocenters. The number of halogens is 4. The van der Waals surface area contributed by atoms with Gasteiger partial charge in [-0.15, -0.1) is 11.8 Å². The molecule has 4 aromatic heterocycles. The minimum Gasteiger partial charge on any atom is -0.396 e. The minimum absolute atomic E-state index is 0.136. The van der Waals surface area contributed by atoms with E-state index in [9.17, 15) is 14.7 Å². The van der Waals surface area contributed by atoms with Gasteiger partial charge >= 0.3 is 0 Å². The van der Waals surface area contributed by atoms with Crippen LogP contribution in [0.1, 0.15) is 94.4 Å². The van der Waals surface area contributed by atoms with Crippen molar-refractivity contribution in [3.8, 4) is 58.0 Å². The first-order valence-corrected chi connectivity index (χ1v) is 25.3. The summed E-state index contributed by atoms with van der Waals surface area (Å²) in [6, 6.07) is 13.8. The second-order valence-electron chi connectivity index (χ2n) is 17.1. The van der Waals surface area contributed by atoms with Gasteiger partial charge in [-0.3, -0.25) is 14.5 Å². The number of carbonyl (C=O) groups is 2. The van der Waals surface area contributed by atoms with E-state index in [0.29, 0.717) is 101 Å². The van der Waals surface area contributed by atoms with E-state index in [1.807, 2.05) is 20.8 Å². The third-order valence-corrected chi connectivity index (χ3v) is 13.6. The Kier molecular flexibility index (Phi) is 19.0. The summed E-state index contributed by atoms with van der Waals surface area (Å²) in [7, 11) is 0. The predicted molar refractivity (Wildman–Crippen MR) is 289 cm³/mol. The fraction of sp³-hybridized carbons (Fsp3) is 0.309. The molecule has 6 heterocycles. The molecule has 2 aliphatic rings. The van der Waals surface area contributed by atoms with Crippen LogP contribution in [0.4, 0.5) is 11.6 Å². The van der Waals surface area contributed by atoms with Crippen molar-refractivity contribution in [3.63, 3.8) is 0 Å². The number of rotatable bonds is 9. The van der Waals surface area contributed by atoms with Crippen LogP contribution in [0.25, 0.3) is 22.5 Å². The monoisotopic (exact) mass is 1060 g/mol. The van der Waals surface area contributed by atoms with Gasteiger partial charge in [0, 0.05) is 93.5 Å². The summed E-state index contributed by atoms with van der Waals surface area (Å²) in [4.78, 5) is 58.3. The number of aliphatic hydroxyl groups excluding tert-OH is 1. The van der Waals surface area contributed by atoms with Crippen LogP contribution in [0.2, 0.25) is 20.1 Å². The molecule has 18 heteroatoms. The van der Waals surface area contributed by atoms with Crippen molar-refractivity contribution in [1.82, 2.24) is 44.6 Å². The van der Waals surface area contributed by atoms with E-state index in [2.05, 4.69) is 70.3 Å². The lowest BCUT2D eigenvalue weighted by atomic mass is 9.97. The minimum atomic E-state index is -0.212. The SMILES string of the molecule is CC#CCCN1CCN(C(=O)c2c(Cl)cc(-c3ncnc(CC)c3C#Cc3ccc(N)nc3)cc2Cl)CC1.CCc1ncnc(-c2cc(Cl)c(C(=O)N3CCC(CO)CC3)c(Cl)c2)c1C#Cc1ccc(N)nc1. The fourth-order valence-corrected chi connectivity index (χ4v) is 9.58. The molecule has 8 rings (SSSR count). The number of pyridine rings is 2. The quantitative estimate of drug-likeness (QED) is 0.117. The number of nitrogens with zero attached hydrogens (tertiary/aromatic N) is 9. The molecule has 0 atom stereocenters. The van der Waals surface area contributed by atoms with Gasteiger partial charge in [-0.25, -0.2) is 29.9 Å². The van der Waals surface area contributed by atoms with Gasteiger partial charge < -0.3 is 26.4 Å². The molecule has 73 heavy (non-hydrogen) atoms. The van der Waals surface area contributed by atoms with Gasteiger partial charge in [0.1, 0.15) is 24.3 Å². The molecule has 0 bridgehead atoms. The molecule has 2 fully saturated rings. The molecule has 2 saturated heterocycles. The molecule has 14 nitrogen and oxygen atoms in total. The number of piperidine rings is 1. The third kappa shape index (κ3) is 13.6. The van der Waals surface area contributed by atoms with Crippen LogP contribution in [0.3, 0.4) is 0 Å². The molecular formula is C55H53Cl4N11O3. The topological polar surface area (TPSA) is 193 Å². The van der Waals surface area contributed by atoms with Crippen LogP contribution < -0.4 is 11.5 Å². The molecule has 0 spiro atoms. The maximum absolute atomic E-state index is 13.4. The Hall–Kier alpha value is -6.80.